The topological polar surface area (TPSA) is 44.6 Å². The Morgan fingerprint density at radius 3 is 2.69 bits per heavy atom. The molecule has 0 amide bonds. The Morgan fingerprint density at radius 2 is 2.08 bits per heavy atom. The average Bonchev–Trinajstić information content (AvgIpc) is 2.71. The number of hydrogen-bond donors (Lipinski definition) is 2. The van der Waals surface area contributed by atoms with Gasteiger partial charge in [0.05, 0.1) is 6.54 Å². The van der Waals surface area contributed by atoms with Crippen LogP contribution in [0.15, 0.2) is 35.3 Å². The molecule has 13 heavy (non-hydrogen) atoms. The minimum absolute atomic E-state index is 0.594. The van der Waals surface area contributed by atoms with E-state index in [0.717, 1.165) is 18.7 Å². The molecular weight excluding hydrogens is 164 g/mol. The van der Waals surface area contributed by atoms with Crippen molar-refractivity contribution in [1.82, 2.24) is 5.32 Å². The van der Waals surface area contributed by atoms with Crippen molar-refractivity contribution in [2.24, 2.45) is 4.99 Å². The van der Waals surface area contributed by atoms with Gasteiger partial charge < -0.3 is 10.4 Å². The first-order chi connectivity index (χ1) is 6.38. The fourth-order valence-corrected chi connectivity index (χ4v) is 1.39. The van der Waals surface area contributed by atoms with Crippen LogP contribution in [0.1, 0.15) is 11.7 Å². The normalized spacial score (nSPS) is 17.8. The molecule has 0 bridgehead atoms. The molecule has 1 atom stereocenters. The molecule has 1 aromatic rings. The summed E-state index contributed by atoms with van der Waals surface area (Å²) in [4.78, 5) is 4.17. The van der Waals surface area contributed by atoms with Gasteiger partial charge in [0.2, 0.25) is 0 Å². The monoisotopic (exact) mass is 176 g/mol. The Balaban J connectivity index is 2.17. The van der Waals surface area contributed by atoms with Gasteiger partial charge in [-0.05, 0) is 5.56 Å². The molecule has 0 aliphatic carbocycles. The number of amidine groups is 1. The summed E-state index contributed by atoms with van der Waals surface area (Å²) in [6.07, 6.45) is -0.594. The van der Waals surface area contributed by atoms with E-state index in [0.29, 0.717) is 5.84 Å². The highest BCUT2D eigenvalue weighted by Gasteiger charge is 2.16. The quantitative estimate of drug-likeness (QED) is 0.697. The SMILES string of the molecule is OC(C1=NCCN1)c1ccccc1. The number of aliphatic imine (C=N–C) groups is 1. The fraction of sp³-hybridized carbons (Fsp3) is 0.300. The van der Waals surface area contributed by atoms with Gasteiger partial charge in [0.15, 0.2) is 0 Å². The molecule has 1 aliphatic rings. The lowest BCUT2D eigenvalue weighted by atomic mass is 10.1. The first kappa shape index (κ1) is 8.26. The van der Waals surface area contributed by atoms with Gasteiger partial charge in [-0.1, -0.05) is 30.3 Å². The second-order valence-electron chi connectivity index (χ2n) is 3.01. The van der Waals surface area contributed by atoms with Crippen LogP contribution in [0.3, 0.4) is 0 Å². The smallest absolute Gasteiger partial charge is 0.136 e. The van der Waals surface area contributed by atoms with Crippen molar-refractivity contribution >= 4 is 5.84 Å². The Morgan fingerprint density at radius 1 is 1.31 bits per heavy atom. The largest absolute Gasteiger partial charge is 0.380 e. The number of aliphatic hydroxyl groups excluding tert-OH is 1. The number of rotatable bonds is 2. The predicted molar refractivity (Wildman–Crippen MR) is 51.7 cm³/mol. The summed E-state index contributed by atoms with van der Waals surface area (Å²) in [7, 11) is 0. The standard InChI is InChI=1S/C10H12N2O/c13-9(10-11-6-7-12-10)8-4-2-1-3-5-8/h1-5,9,13H,6-7H2,(H,11,12). The van der Waals surface area contributed by atoms with E-state index in [1.807, 2.05) is 30.3 Å². The van der Waals surface area contributed by atoms with E-state index >= 15 is 0 Å². The molecule has 0 saturated heterocycles. The van der Waals surface area contributed by atoms with Crippen molar-refractivity contribution < 1.29 is 5.11 Å². The van der Waals surface area contributed by atoms with Gasteiger partial charge in [-0.3, -0.25) is 4.99 Å². The zero-order chi connectivity index (χ0) is 9.10. The van der Waals surface area contributed by atoms with Crippen LogP contribution in [0, 0.1) is 0 Å². The van der Waals surface area contributed by atoms with Gasteiger partial charge in [0.25, 0.3) is 0 Å². The van der Waals surface area contributed by atoms with E-state index in [1.54, 1.807) is 0 Å². The molecule has 0 fully saturated rings. The predicted octanol–water partition coefficient (Wildman–Crippen LogP) is 0.722. The maximum absolute atomic E-state index is 9.83. The van der Waals surface area contributed by atoms with Crippen molar-refractivity contribution in [3.63, 3.8) is 0 Å². The third-order valence-corrected chi connectivity index (χ3v) is 2.07. The summed E-state index contributed by atoms with van der Waals surface area (Å²) < 4.78 is 0. The van der Waals surface area contributed by atoms with Crippen molar-refractivity contribution in [2.75, 3.05) is 13.1 Å². The Hall–Kier alpha value is -1.35. The first-order valence-corrected chi connectivity index (χ1v) is 4.39. The molecule has 3 heteroatoms. The molecule has 1 unspecified atom stereocenters. The molecule has 2 rings (SSSR count). The molecule has 0 saturated carbocycles. The first-order valence-electron chi connectivity index (χ1n) is 4.39. The van der Waals surface area contributed by atoms with Gasteiger partial charge >= 0.3 is 0 Å². The summed E-state index contributed by atoms with van der Waals surface area (Å²) in [6.45, 7) is 1.60. The van der Waals surface area contributed by atoms with E-state index in [4.69, 9.17) is 0 Å². The summed E-state index contributed by atoms with van der Waals surface area (Å²) >= 11 is 0. The highest BCUT2D eigenvalue weighted by molar-refractivity contribution is 5.88. The highest BCUT2D eigenvalue weighted by atomic mass is 16.3. The molecule has 2 N–H and O–H groups in total. The van der Waals surface area contributed by atoms with Gasteiger partial charge in [0, 0.05) is 6.54 Å². The lowest BCUT2D eigenvalue weighted by Crippen LogP contribution is -2.25. The average molecular weight is 176 g/mol. The minimum Gasteiger partial charge on any atom is -0.380 e. The number of nitrogens with zero attached hydrogens (tertiary/aromatic N) is 1. The van der Waals surface area contributed by atoms with Crippen LogP contribution in [0.5, 0.6) is 0 Å². The van der Waals surface area contributed by atoms with Gasteiger partial charge in [-0.2, -0.15) is 0 Å². The van der Waals surface area contributed by atoms with E-state index < -0.39 is 6.10 Å². The van der Waals surface area contributed by atoms with Crippen LogP contribution < -0.4 is 5.32 Å². The second kappa shape index (κ2) is 3.58. The number of aliphatic hydroxyl groups is 1. The molecule has 1 heterocycles. The van der Waals surface area contributed by atoms with Crippen LogP contribution >= 0.6 is 0 Å². The zero-order valence-electron chi connectivity index (χ0n) is 7.27. The molecule has 0 spiro atoms. The number of nitrogens with one attached hydrogen (secondary N) is 1. The maximum Gasteiger partial charge on any atom is 0.136 e. The second-order valence-corrected chi connectivity index (χ2v) is 3.01. The molecular formula is C10H12N2O. The molecule has 1 aromatic carbocycles. The van der Waals surface area contributed by atoms with E-state index in [1.165, 1.54) is 0 Å². The Kier molecular flexibility index (Phi) is 2.27. The van der Waals surface area contributed by atoms with Crippen LogP contribution in [-0.4, -0.2) is 24.0 Å². The fourth-order valence-electron chi connectivity index (χ4n) is 1.39. The molecule has 0 radical (unpaired) electrons. The Labute approximate surface area is 77.1 Å². The third kappa shape index (κ3) is 1.70. The summed E-state index contributed by atoms with van der Waals surface area (Å²) in [5.74, 6) is 0.686. The van der Waals surface area contributed by atoms with E-state index in [2.05, 4.69) is 10.3 Å². The third-order valence-electron chi connectivity index (χ3n) is 2.07. The minimum atomic E-state index is -0.594. The van der Waals surface area contributed by atoms with Gasteiger partial charge in [-0.25, -0.2) is 0 Å². The number of benzene rings is 1. The van der Waals surface area contributed by atoms with E-state index in [-0.39, 0.29) is 0 Å². The van der Waals surface area contributed by atoms with Crippen LogP contribution in [0.25, 0.3) is 0 Å². The Bertz CT molecular complexity index is 308. The molecule has 3 nitrogen and oxygen atoms in total. The molecule has 68 valence electrons. The highest BCUT2D eigenvalue weighted by Crippen LogP contribution is 2.13. The van der Waals surface area contributed by atoms with Crippen LogP contribution in [0.2, 0.25) is 0 Å². The van der Waals surface area contributed by atoms with Gasteiger partial charge in [0.1, 0.15) is 11.9 Å². The number of hydrogen-bond acceptors (Lipinski definition) is 3. The molecule has 1 aliphatic heterocycles. The summed E-state index contributed by atoms with van der Waals surface area (Å²) in [6, 6.07) is 9.54. The lowest BCUT2D eigenvalue weighted by Gasteiger charge is -2.10. The van der Waals surface area contributed by atoms with Crippen molar-refractivity contribution in [3.05, 3.63) is 35.9 Å². The van der Waals surface area contributed by atoms with Crippen molar-refractivity contribution in [1.29, 1.82) is 0 Å². The van der Waals surface area contributed by atoms with Crippen molar-refractivity contribution in [2.45, 2.75) is 6.10 Å². The maximum atomic E-state index is 9.83. The van der Waals surface area contributed by atoms with E-state index in [9.17, 15) is 5.11 Å². The summed E-state index contributed by atoms with van der Waals surface area (Å²) in [5, 5.41) is 12.9. The van der Waals surface area contributed by atoms with Crippen LogP contribution in [0.4, 0.5) is 0 Å². The van der Waals surface area contributed by atoms with Crippen LogP contribution in [-0.2, 0) is 0 Å². The lowest BCUT2D eigenvalue weighted by molar-refractivity contribution is 0.244. The van der Waals surface area contributed by atoms with Crippen molar-refractivity contribution in [3.8, 4) is 0 Å². The summed E-state index contributed by atoms with van der Waals surface area (Å²) in [5.41, 5.74) is 0.885. The zero-order valence-corrected chi connectivity index (χ0v) is 7.27. The van der Waals surface area contributed by atoms with Gasteiger partial charge in [-0.15, -0.1) is 0 Å². The molecule has 0 aromatic heterocycles.